The summed E-state index contributed by atoms with van der Waals surface area (Å²) < 4.78 is 1.75. The average Bonchev–Trinajstić information content (AvgIpc) is 3.09. The number of carbonyl (C=O) groups is 1. The van der Waals surface area contributed by atoms with Crippen LogP contribution in [0.4, 0.5) is 0 Å². The van der Waals surface area contributed by atoms with Crippen molar-refractivity contribution in [3.05, 3.63) is 52.3 Å². The maximum atomic E-state index is 12.7. The Morgan fingerprint density at radius 3 is 2.56 bits per heavy atom. The number of aryl methyl sites for hydroxylation is 1. The first-order valence-electron chi connectivity index (χ1n) is 9.24. The molecule has 0 radical (unpaired) electrons. The quantitative estimate of drug-likeness (QED) is 0.912. The number of nitrogens with one attached hydrogen (secondary N) is 1. The molecule has 1 aliphatic carbocycles. The minimum atomic E-state index is -0.0205. The molecule has 0 spiro atoms. The van der Waals surface area contributed by atoms with E-state index in [1.54, 1.807) is 4.68 Å². The van der Waals surface area contributed by atoms with Crippen LogP contribution in [0.25, 0.3) is 0 Å². The zero-order valence-electron chi connectivity index (χ0n) is 16.0. The third-order valence-corrected chi connectivity index (χ3v) is 5.29. The molecule has 0 fully saturated rings. The molecule has 1 unspecified atom stereocenters. The molecule has 1 amide bonds. The first-order chi connectivity index (χ1) is 11.8. The van der Waals surface area contributed by atoms with E-state index in [2.05, 4.69) is 62.4 Å². The van der Waals surface area contributed by atoms with E-state index in [1.807, 2.05) is 7.05 Å². The topological polar surface area (TPSA) is 46.9 Å². The molecule has 0 saturated heterocycles. The van der Waals surface area contributed by atoms with Crippen molar-refractivity contribution in [3.63, 3.8) is 0 Å². The van der Waals surface area contributed by atoms with Gasteiger partial charge in [0.1, 0.15) is 5.69 Å². The lowest BCUT2D eigenvalue weighted by Crippen LogP contribution is -2.26. The van der Waals surface area contributed by atoms with Crippen LogP contribution in [0.2, 0.25) is 0 Å². The number of hydrogen-bond acceptors (Lipinski definition) is 2. The minimum Gasteiger partial charge on any atom is -0.347 e. The Morgan fingerprint density at radius 1 is 1.28 bits per heavy atom. The van der Waals surface area contributed by atoms with Crippen LogP contribution in [0.1, 0.15) is 79.3 Å². The Morgan fingerprint density at radius 2 is 1.96 bits per heavy atom. The number of nitrogens with zero attached hydrogens (tertiary/aromatic N) is 2. The van der Waals surface area contributed by atoms with Crippen LogP contribution in [0.3, 0.4) is 0 Å². The molecule has 4 nitrogen and oxygen atoms in total. The lowest BCUT2D eigenvalue weighted by molar-refractivity contribution is 0.0940. The van der Waals surface area contributed by atoms with Gasteiger partial charge >= 0.3 is 0 Å². The summed E-state index contributed by atoms with van der Waals surface area (Å²) in [4.78, 5) is 12.7. The fourth-order valence-electron chi connectivity index (χ4n) is 3.69. The maximum absolute atomic E-state index is 12.7. The summed E-state index contributed by atoms with van der Waals surface area (Å²) in [6.45, 7) is 9.35. The van der Waals surface area contributed by atoms with Gasteiger partial charge in [0.2, 0.25) is 0 Å². The van der Waals surface area contributed by atoms with Gasteiger partial charge in [0.25, 0.3) is 5.91 Å². The lowest BCUT2D eigenvalue weighted by atomic mass is 9.87. The molecular weight excluding hydrogens is 310 g/mol. The van der Waals surface area contributed by atoms with E-state index in [1.165, 1.54) is 5.56 Å². The fourth-order valence-corrected chi connectivity index (χ4v) is 3.69. The van der Waals surface area contributed by atoms with E-state index >= 15 is 0 Å². The Kier molecular flexibility index (Phi) is 4.72. The van der Waals surface area contributed by atoms with Crippen molar-refractivity contribution in [2.75, 3.05) is 0 Å². The van der Waals surface area contributed by atoms with Gasteiger partial charge in [-0.05, 0) is 35.8 Å². The van der Waals surface area contributed by atoms with Gasteiger partial charge in [0.05, 0.1) is 5.69 Å². The van der Waals surface area contributed by atoms with E-state index < -0.39 is 0 Å². The molecule has 1 heterocycles. The monoisotopic (exact) mass is 339 g/mol. The number of amides is 1. The molecule has 25 heavy (non-hydrogen) atoms. The average molecular weight is 339 g/mol. The van der Waals surface area contributed by atoms with Crippen LogP contribution in [-0.2, 0) is 25.4 Å². The highest BCUT2D eigenvalue weighted by Crippen LogP contribution is 2.36. The van der Waals surface area contributed by atoms with Crippen LogP contribution >= 0.6 is 0 Å². The molecule has 3 rings (SSSR count). The number of benzene rings is 1. The van der Waals surface area contributed by atoms with E-state index in [9.17, 15) is 4.79 Å². The van der Waals surface area contributed by atoms with Crippen molar-refractivity contribution in [1.82, 2.24) is 15.1 Å². The van der Waals surface area contributed by atoms with E-state index in [-0.39, 0.29) is 11.3 Å². The van der Waals surface area contributed by atoms with E-state index in [0.717, 1.165) is 41.8 Å². The predicted molar refractivity (Wildman–Crippen MR) is 101 cm³/mol. The van der Waals surface area contributed by atoms with Crippen molar-refractivity contribution >= 4 is 5.91 Å². The minimum absolute atomic E-state index is 0.0205. The number of hydrogen-bond donors (Lipinski definition) is 1. The summed E-state index contributed by atoms with van der Waals surface area (Å²) >= 11 is 0. The number of rotatable bonds is 4. The largest absolute Gasteiger partial charge is 0.347 e. The smallest absolute Gasteiger partial charge is 0.270 e. The van der Waals surface area contributed by atoms with Crippen molar-refractivity contribution in [1.29, 1.82) is 0 Å². The van der Waals surface area contributed by atoms with Gasteiger partial charge in [-0.25, -0.2) is 0 Å². The van der Waals surface area contributed by atoms with Crippen LogP contribution in [-0.4, -0.2) is 15.7 Å². The maximum Gasteiger partial charge on any atom is 0.270 e. The molecule has 0 saturated carbocycles. The van der Waals surface area contributed by atoms with Crippen LogP contribution < -0.4 is 5.32 Å². The first-order valence-corrected chi connectivity index (χ1v) is 9.24. The zero-order chi connectivity index (χ0) is 18.2. The first kappa shape index (κ1) is 17.7. The van der Waals surface area contributed by atoms with Gasteiger partial charge < -0.3 is 5.32 Å². The van der Waals surface area contributed by atoms with Gasteiger partial charge in [-0.3, -0.25) is 9.48 Å². The second-order valence-corrected chi connectivity index (χ2v) is 8.11. The Labute approximate surface area is 150 Å². The third-order valence-electron chi connectivity index (χ3n) is 5.29. The summed E-state index contributed by atoms with van der Waals surface area (Å²) in [5.74, 6) is 0.487. The summed E-state index contributed by atoms with van der Waals surface area (Å²) in [6.07, 6.45) is 3.17. The number of fused-ring (bicyclic) bond motifs is 1. The molecule has 1 aromatic carbocycles. The van der Waals surface area contributed by atoms with Crippen molar-refractivity contribution in [3.8, 4) is 0 Å². The van der Waals surface area contributed by atoms with Gasteiger partial charge in [0.15, 0.2) is 0 Å². The van der Waals surface area contributed by atoms with E-state index in [0.29, 0.717) is 12.5 Å². The molecular formula is C21H29N3O. The van der Waals surface area contributed by atoms with Crippen LogP contribution in [0, 0.1) is 0 Å². The van der Waals surface area contributed by atoms with Crippen LogP contribution in [0.5, 0.6) is 0 Å². The molecule has 0 bridgehead atoms. The number of aromatic nitrogens is 2. The fraction of sp³-hybridized carbons (Fsp3) is 0.524. The van der Waals surface area contributed by atoms with Gasteiger partial charge in [-0.2, -0.15) is 5.10 Å². The normalized spacial score (nSPS) is 16.8. The van der Waals surface area contributed by atoms with Crippen molar-refractivity contribution < 1.29 is 4.79 Å². The molecule has 1 atom stereocenters. The van der Waals surface area contributed by atoms with Gasteiger partial charge in [-0.15, -0.1) is 0 Å². The third kappa shape index (κ3) is 3.48. The number of carbonyl (C=O) groups excluding carboxylic acids is 1. The molecule has 1 aromatic heterocycles. The molecule has 1 N–H and O–H groups in total. The molecule has 0 aliphatic heterocycles. The Bertz CT molecular complexity index is 766. The summed E-state index contributed by atoms with van der Waals surface area (Å²) in [6, 6.07) is 8.49. The molecule has 2 aromatic rings. The SMILES string of the molecule is CCC1CCc2c1nn(C)c2C(=O)NCc1ccc(C(C)(C)C)cc1. The second kappa shape index (κ2) is 6.66. The van der Waals surface area contributed by atoms with Crippen LogP contribution in [0.15, 0.2) is 24.3 Å². The summed E-state index contributed by atoms with van der Waals surface area (Å²) in [5, 5.41) is 7.68. The molecule has 1 aliphatic rings. The zero-order valence-corrected chi connectivity index (χ0v) is 16.0. The van der Waals surface area contributed by atoms with Crippen molar-refractivity contribution in [2.24, 2.45) is 7.05 Å². The van der Waals surface area contributed by atoms with Gasteiger partial charge in [-0.1, -0.05) is 52.0 Å². The molecule has 4 heteroatoms. The van der Waals surface area contributed by atoms with E-state index in [4.69, 9.17) is 0 Å². The van der Waals surface area contributed by atoms with Gasteiger partial charge in [0, 0.05) is 25.1 Å². The highest BCUT2D eigenvalue weighted by Gasteiger charge is 2.30. The molecule has 134 valence electrons. The summed E-state index contributed by atoms with van der Waals surface area (Å²) in [5.41, 5.74) is 5.58. The summed E-state index contributed by atoms with van der Waals surface area (Å²) in [7, 11) is 1.87. The van der Waals surface area contributed by atoms with Crippen molar-refractivity contribution in [2.45, 2.75) is 64.8 Å². The predicted octanol–water partition coefficient (Wildman–Crippen LogP) is 4.09. The Hall–Kier alpha value is -2.10. The lowest BCUT2D eigenvalue weighted by Gasteiger charge is -2.19. The highest BCUT2D eigenvalue weighted by molar-refractivity contribution is 5.94. The Balaban J connectivity index is 1.70. The standard InChI is InChI=1S/C21H29N3O/c1-6-15-9-12-17-18(15)23-24(5)19(17)20(25)22-13-14-7-10-16(11-8-14)21(2,3)4/h7-8,10-11,15H,6,9,12-13H2,1-5H3,(H,22,25). The second-order valence-electron chi connectivity index (χ2n) is 8.11. The highest BCUT2D eigenvalue weighted by atomic mass is 16.2.